The van der Waals surface area contributed by atoms with Gasteiger partial charge in [-0.15, -0.1) is 0 Å². The number of halogens is 1. The van der Waals surface area contributed by atoms with E-state index in [9.17, 15) is 4.39 Å². The molecule has 0 aliphatic carbocycles. The summed E-state index contributed by atoms with van der Waals surface area (Å²) >= 11 is 0. The Balaban J connectivity index is 0. The molecule has 0 saturated carbocycles. The van der Waals surface area contributed by atoms with E-state index in [4.69, 9.17) is 5.10 Å². The smallest absolute Gasteiger partial charge is 0.108 e. The molecular formula is C24H42FN3. The van der Waals surface area contributed by atoms with E-state index in [0.717, 1.165) is 37.9 Å². The van der Waals surface area contributed by atoms with Crippen LogP contribution >= 0.6 is 0 Å². The van der Waals surface area contributed by atoms with Crippen molar-refractivity contribution in [3.05, 3.63) is 59.7 Å². The van der Waals surface area contributed by atoms with Gasteiger partial charge in [-0.1, -0.05) is 81.3 Å². The van der Waals surface area contributed by atoms with Gasteiger partial charge in [0.25, 0.3) is 0 Å². The van der Waals surface area contributed by atoms with Gasteiger partial charge < -0.3 is 5.32 Å². The molecule has 1 rings (SSSR count). The highest BCUT2D eigenvalue weighted by Crippen LogP contribution is 2.05. The van der Waals surface area contributed by atoms with Crippen LogP contribution in [0.15, 0.2) is 59.2 Å². The van der Waals surface area contributed by atoms with E-state index >= 15 is 0 Å². The molecule has 1 N–H and O–H groups in total. The molecule has 0 aliphatic heterocycles. The molecule has 0 aromatic heterocycles. The second-order valence-electron chi connectivity index (χ2n) is 6.16. The number of alkyl halides is 1. The molecule has 0 saturated heterocycles. The van der Waals surface area contributed by atoms with Gasteiger partial charge in [0.05, 0.1) is 6.54 Å². The van der Waals surface area contributed by atoms with Crippen molar-refractivity contribution in [1.82, 2.24) is 10.3 Å². The summed E-state index contributed by atoms with van der Waals surface area (Å²) in [6, 6.07) is 10.5. The van der Waals surface area contributed by atoms with Gasteiger partial charge in [-0.3, -0.25) is 5.01 Å². The lowest BCUT2D eigenvalue weighted by atomic mass is 10.1. The average molecular weight is 392 g/mol. The van der Waals surface area contributed by atoms with E-state index in [1.807, 2.05) is 58.9 Å². The van der Waals surface area contributed by atoms with E-state index in [2.05, 4.69) is 36.5 Å². The Kier molecular flexibility index (Phi) is 21.6. The van der Waals surface area contributed by atoms with Gasteiger partial charge in [0.1, 0.15) is 6.67 Å². The number of hydrogen-bond donors (Lipinski definition) is 1. The first-order chi connectivity index (χ1) is 13.6. The Morgan fingerprint density at radius 3 is 2.32 bits per heavy atom. The van der Waals surface area contributed by atoms with E-state index in [-0.39, 0.29) is 6.67 Å². The largest absolute Gasteiger partial charge is 0.319 e. The quantitative estimate of drug-likeness (QED) is 0.284. The summed E-state index contributed by atoms with van der Waals surface area (Å²) in [7, 11) is 4.03. The van der Waals surface area contributed by atoms with Gasteiger partial charge >= 0.3 is 0 Å². The molecule has 28 heavy (non-hydrogen) atoms. The van der Waals surface area contributed by atoms with Gasteiger partial charge in [-0.25, -0.2) is 4.39 Å². The molecular weight excluding hydrogens is 349 g/mol. The Hall–Kier alpha value is -1.94. The standard InChI is InChI=1S/C15H25N3.C7H11F.C2H6/c1-4-8-15(11-12-16-2)17-18(3)13-14-9-6-5-7-10-14;1-3-7(2)5-4-6-8;1-2/h5-7,9-10,16H,4,8,11-13H2,1-3H3;3-5H,6H2,1-2H3;1-2H3/b17-15+;5-4-,7-3-;. The Morgan fingerprint density at radius 1 is 1.18 bits per heavy atom. The lowest BCUT2D eigenvalue weighted by Gasteiger charge is -2.16. The van der Waals surface area contributed by atoms with Crippen molar-refractivity contribution >= 4 is 5.71 Å². The van der Waals surface area contributed by atoms with Crippen LogP contribution in [0.5, 0.6) is 0 Å². The third kappa shape index (κ3) is 17.5. The summed E-state index contributed by atoms with van der Waals surface area (Å²) in [6.07, 6.45) is 8.47. The first-order valence-electron chi connectivity index (χ1n) is 10.4. The topological polar surface area (TPSA) is 27.6 Å². The van der Waals surface area contributed by atoms with E-state index < -0.39 is 0 Å². The maximum Gasteiger partial charge on any atom is 0.108 e. The summed E-state index contributed by atoms with van der Waals surface area (Å²) in [5.41, 5.74) is 3.68. The third-order valence-electron chi connectivity index (χ3n) is 3.69. The van der Waals surface area contributed by atoms with Crippen LogP contribution in [0.1, 0.15) is 59.4 Å². The van der Waals surface area contributed by atoms with Crippen LogP contribution in [0.3, 0.4) is 0 Å². The van der Waals surface area contributed by atoms with E-state index in [1.165, 1.54) is 17.4 Å². The number of nitrogens with one attached hydrogen (secondary N) is 1. The minimum Gasteiger partial charge on any atom is -0.319 e. The van der Waals surface area contributed by atoms with Crippen LogP contribution in [0.25, 0.3) is 0 Å². The number of hydrazone groups is 1. The predicted molar refractivity (Wildman–Crippen MR) is 125 cm³/mol. The van der Waals surface area contributed by atoms with Crippen LogP contribution in [0, 0.1) is 0 Å². The van der Waals surface area contributed by atoms with Crippen molar-refractivity contribution in [2.45, 2.75) is 60.4 Å². The molecule has 4 heteroatoms. The third-order valence-corrected chi connectivity index (χ3v) is 3.69. The molecule has 0 heterocycles. The summed E-state index contributed by atoms with van der Waals surface area (Å²) < 4.78 is 11.4. The monoisotopic (exact) mass is 391 g/mol. The summed E-state index contributed by atoms with van der Waals surface area (Å²) in [5.74, 6) is 0. The van der Waals surface area contributed by atoms with Gasteiger partial charge in [0, 0.05) is 19.3 Å². The van der Waals surface area contributed by atoms with Crippen LogP contribution < -0.4 is 5.32 Å². The van der Waals surface area contributed by atoms with Crippen molar-refractivity contribution in [3.8, 4) is 0 Å². The minimum atomic E-state index is -0.370. The predicted octanol–water partition coefficient (Wildman–Crippen LogP) is 6.39. The molecule has 160 valence electrons. The van der Waals surface area contributed by atoms with Crippen molar-refractivity contribution in [1.29, 1.82) is 0 Å². The van der Waals surface area contributed by atoms with Gasteiger partial charge in [0.2, 0.25) is 0 Å². The van der Waals surface area contributed by atoms with Gasteiger partial charge in [-0.05, 0) is 39.3 Å². The average Bonchev–Trinajstić information content (AvgIpc) is 2.73. The second-order valence-corrected chi connectivity index (χ2v) is 6.16. The zero-order valence-electron chi connectivity index (χ0n) is 19.1. The Morgan fingerprint density at radius 2 is 1.82 bits per heavy atom. The Bertz CT molecular complexity index is 536. The summed E-state index contributed by atoms with van der Waals surface area (Å²) in [4.78, 5) is 0. The van der Waals surface area contributed by atoms with Crippen LogP contribution in [0.4, 0.5) is 4.39 Å². The van der Waals surface area contributed by atoms with Crippen LogP contribution in [0.2, 0.25) is 0 Å². The lowest BCUT2D eigenvalue weighted by Crippen LogP contribution is -2.18. The molecule has 0 unspecified atom stereocenters. The van der Waals surface area contributed by atoms with E-state index in [0.29, 0.717) is 0 Å². The lowest BCUT2D eigenvalue weighted by molar-refractivity contribution is 0.344. The fourth-order valence-electron chi connectivity index (χ4n) is 2.23. The van der Waals surface area contributed by atoms with Crippen molar-refractivity contribution in [3.63, 3.8) is 0 Å². The van der Waals surface area contributed by atoms with Crippen molar-refractivity contribution < 1.29 is 4.39 Å². The number of benzene rings is 1. The maximum absolute atomic E-state index is 11.4. The fraction of sp³-hybridized carbons (Fsp3) is 0.542. The first-order valence-corrected chi connectivity index (χ1v) is 10.4. The minimum absolute atomic E-state index is 0.370. The van der Waals surface area contributed by atoms with E-state index in [1.54, 1.807) is 6.08 Å². The fourth-order valence-corrected chi connectivity index (χ4v) is 2.23. The van der Waals surface area contributed by atoms with Gasteiger partial charge in [-0.2, -0.15) is 5.10 Å². The number of nitrogens with zero attached hydrogens (tertiary/aromatic N) is 2. The molecule has 0 fully saturated rings. The molecule has 1 aromatic rings. The molecule has 0 bridgehead atoms. The molecule has 0 aliphatic rings. The number of hydrogen-bond acceptors (Lipinski definition) is 3. The molecule has 0 atom stereocenters. The first kappa shape index (κ1) is 28.3. The molecule has 1 aromatic carbocycles. The number of allylic oxidation sites excluding steroid dienone is 4. The SMILES string of the molecule is C/C=C(C)\C=C/CF.CC.CCC/C(CCNC)=N\N(C)Cc1ccccc1. The summed E-state index contributed by atoms with van der Waals surface area (Å²) in [6.45, 7) is 11.6. The molecule has 0 amide bonds. The highest BCUT2D eigenvalue weighted by Gasteiger charge is 2.01. The van der Waals surface area contributed by atoms with Crippen LogP contribution in [-0.4, -0.2) is 38.0 Å². The molecule has 0 spiro atoms. The van der Waals surface area contributed by atoms with Crippen molar-refractivity contribution in [2.75, 3.05) is 27.3 Å². The molecule has 3 nitrogen and oxygen atoms in total. The normalized spacial score (nSPS) is 11.4. The summed E-state index contributed by atoms with van der Waals surface area (Å²) in [5, 5.41) is 9.93. The highest BCUT2D eigenvalue weighted by atomic mass is 19.1. The highest BCUT2D eigenvalue weighted by molar-refractivity contribution is 5.84. The van der Waals surface area contributed by atoms with Crippen LogP contribution in [-0.2, 0) is 6.54 Å². The second kappa shape index (κ2) is 21.4. The zero-order valence-corrected chi connectivity index (χ0v) is 19.1. The van der Waals surface area contributed by atoms with Crippen molar-refractivity contribution in [2.24, 2.45) is 5.10 Å². The Labute approximate surface area is 173 Å². The maximum atomic E-state index is 11.4. The number of rotatable bonds is 10. The zero-order chi connectivity index (χ0) is 21.6. The van der Waals surface area contributed by atoms with Gasteiger partial charge in [0.15, 0.2) is 0 Å². The molecule has 0 radical (unpaired) electrons.